The second kappa shape index (κ2) is 6.99. The van der Waals surface area contributed by atoms with Crippen molar-refractivity contribution in [2.75, 3.05) is 33.2 Å². The Balaban J connectivity index is 1.43. The van der Waals surface area contributed by atoms with Crippen LogP contribution in [0.4, 0.5) is 4.79 Å². The van der Waals surface area contributed by atoms with Crippen molar-refractivity contribution in [2.45, 2.75) is 37.8 Å². The van der Waals surface area contributed by atoms with E-state index >= 15 is 0 Å². The minimum absolute atomic E-state index is 0.00291. The van der Waals surface area contributed by atoms with Gasteiger partial charge in [0.15, 0.2) is 0 Å². The molecule has 0 aromatic carbocycles. The summed E-state index contributed by atoms with van der Waals surface area (Å²) in [6.07, 6.45) is 3.73. The maximum absolute atomic E-state index is 12.1. The van der Waals surface area contributed by atoms with Crippen molar-refractivity contribution in [1.82, 2.24) is 20.0 Å². The van der Waals surface area contributed by atoms with Crippen LogP contribution in [0.15, 0.2) is 0 Å². The molecule has 2 aliphatic carbocycles. The average molecular weight is 352 g/mol. The minimum atomic E-state index is -0.830. The zero-order valence-electron chi connectivity index (χ0n) is 14.3. The van der Waals surface area contributed by atoms with Crippen LogP contribution in [-0.4, -0.2) is 88.9 Å². The van der Waals surface area contributed by atoms with Gasteiger partial charge in [-0.3, -0.25) is 24.2 Å². The third kappa shape index (κ3) is 4.28. The van der Waals surface area contributed by atoms with Gasteiger partial charge >= 0.3 is 12.0 Å². The summed E-state index contributed by atoms with van der Waals surface area (Å²) in [5.41, 5.74) is 0. The van der Waals surface area contributed by atoms with Crippen LogP contribution >= 0.6 is 0 Å². The molecule has 138 valence electrons. The van der Waals surface area contributed by atoms with Crippen molar-refractivity contribution < 1.29 is 24.3 Å². The van der Waals surface area contributed by atoms with Crippen molar-refractivity contribution in [2.24, 2.45) is 5.92 Å². The van der Waals surface area contributed by atoms with Crippen molar-refractivity contribution in [1.29, 1.82) is 0 Å². The molecule has 0 radical (unpaired) electrons. The number of rotatable bonds is 8. The van der Waals surface area contributed by atoms with Gasteiger partial charge in [0.05, 0.1) is 6.54 Å². The smallest absolute Gasteiger partial charge is 0.327 e. The van der Waals surface area contributed by atoms with E-state index in [9.17, 15) is 19.2 Å². The van der Waals surface area contributed by atoms with Gasteiger partial charge in [-0.25, -0.2) is 4.79 Å². The van der Waals surface area contributed by atoms with Gasteiger partial charge in [-0.05, 0) is 31.6 Å². The number of carboxylic acid groups (broad SMARTS) is 1. The number of carbonyl (C=O) groups excluding carboxylic acids is 3. The number of hydrogen-bond donors (Lipinski definition) is 2. The van der Waals surface area contributed by atoms with Crippen molar-refractivity contribution in [3.05, 3.63) is 0 Å². The van der Waals surface area contributed by atoms with Crippen LogP contribution in [0.3, 0.4) is 0 Å². The molecule has 9 nitrogen and oxygen atoms in total. The van der Waals surface area contributed by atoms with Crippen LogP contribution in [0.2, 0.25) is 0 Å². The molecule has 0 aromatic heterocycles. The highest BCUT2D eigenvalue weighted by molar-refractivity contribution is 6.04. The van der Waals surface area contributed by atoms with Gasteiger partial charge < -0.3 is 15.3 Å². The number of imide groups is 1. The standard InChI is InChI=1S/C16H24N4O5/c1-18-8-14(22)20(16(18)25)7-13(21)17-11-4-12(5-11)19(9-15(23)24)6-10-2-3-10/h10-12H,2-9H2,1H3,(H,17,21)(H,23,24). The summed E-state index contributed by atoms with van der Waals surface area (Å²) in [4.78, 5) is 50.7. The summed E-state index contributed by atoms with van der Waals surface area (Å²) in [6, 6.07) is -0.314. The van der Waals surface area contributed by atoms with Crippen molar-refractivity contribution in [3.8, 4) is 0 Å². The molecular formula is C16H24N4O5. The van der Waals surface area contributed by atoms with E-state index in [1.165, 1.54) is 11.9 Å². The Morgan fingerprint density at radius 3 is 2.48 bits per heavy atom. The fourth-order valence-electron chi connectivity index (χ4n) is 3.39. The van der Waals surface area contributed by atoms with E-state index in [2.05, 4.69) is 5.32 Å². The number of carboxylic acids is 1. The van der Waals surface area contributed by atoms with Crippen LogP contribution in [0.5, 0.6) is 0 Å². The van der Waals surface area contributed by atoms with Gasteiger partial charge in [-0.2, -0.15) is 0 Å². The van der Waals surface area contributed by atoms with Gasteiger partial charge in [-0.15, -0.1) is 0 Å². The zero-order valence-corrected chi connectivity index (χ0v) is 14.3. The van der Waals surface area contributed by atoms with E-state index < -0.39 is 12.0 Å². The normalized spacial score (nSPS) is 26.2. The Bertz CT molecular complexity index is 585. The van der Waals surface area contributed by atoms with E-state index in [0.717, 1.165) is 24.3 Å². The van der Waals surface area contributed by atoms with E-state index in [1.807, 2.05) is 4.90 Å². The minimum Gasteiger partial charge on any atom is -0.480 e. The summed E-state index contributed by atoms with van der Waals surface area (Å²) in [5, 5.41) is 11.9. The molecule has 3 fully saturated rings. The summed E-state index contributed by atoms with van der Waals surface area (Å²) in [7, 11) is 1.52. The molecule has 4 amide bonds. The second-order valence-electron chi connectivity index (χ2n) is 7.27. The monoisotopic (exact) mass is 352 g/mol. The van der Waals surface area contributed by atoms with E-state index in [4.69, 9.17) is 5.11 Å². The number of carbonyl (C=O) groups is 4. The molecule has 1 saturated heterocycles. The predicted octanol–water partition coefficient (Wildman–Crippen LogP) is -0.676. The molecule has 1 aliphatic heterocycles. The van der Waals surface area contributed by atoms with Crippen LogP contribution in [0, 0.1) is 5.92 Å². The molecule has 0 aromatic rings. The molecule has 0 unspecified atom stereocenters. The molecule has 0 atom stereocenters. The first kappa shape index (κ1) is 17.7. The maximum Gasteiger partial charge on any atom is 0.327 e. The number of amides is 4. The quantitative estimate of drug-likeness (QED) is 0.560. The summed E-state index contributed by atoms with van der Waals surface area (Å²) >= 11 is 0. The molecule has 0 spiro atoms. The molecule has 25 heavy (non-hydrogen) atoms. The highest BCUT2D eigenvalue weighted by atomic mass is 16.4. The van der Waals surface area contributed by atoms with Crippen molar-refractivity contribution >= 4 is 23.8 Å². The molecule has 1 heterocycles. The maximum atomic E-state index is 12.1. The van der Waals surface area contributed by atoms with E-state index in [0.29, 0.717) is 18.8 Å². The highest BCUT2D eigenvalue weighted by Gasteiger charge is 2.39. The van der Waals surface area contributed by atoms with Crippen molar-refractivity contribution in [3.63, 3.8) is 0 Å². The number of hydrogen-bond acceptors (Lipinski definition) is 5. The summed E-state index contributed by atoms with van der Waals surface area (Å²) < 4.78 is 0. The Labute approximate surface area is 145 Å². The van der Waals surface area contributed by atoms with Crippen LogP contribution in [-0.2, 0) is 14.4 Å². The topological polar surface area (TPSA) is 110 Å². The number of urea groups is 1. The first-order chi connectivity index (χ1) is 11.8. The molecular weight excluding hydrogens is 328 g/mol. The Morgan fingerprint density at radius 1 is 1.28 bits per heavy atom. The Morgan fingerprint density at radius 2 is 1.96 bits per heavy atom. The second-order valence-corrected chi connectivity index (χ2v) is 7.27. The number of nitrogens with zero attached hydrogens (tertiary/aromatic N) is 3. The first-order valence-corrected chi connectivity index (χ1v) is 8.64. The Hall–Kier alpha value is -2.16. The van der Waals surface area contributed by atoms with E-state index in [-0.39, 0.29) is 43.5 Å². The lowest BCUT2D eigenvalue weighted by atomic mass is 9.85. The summed E-state index contributed by atoms with van der Waals surface area (Å²) in [5.74, 6) is -0.945. The molecule has 9 heteroatoms. The third-order valence-corrected chi connectivity index (χ3v) is 5.06. The van der Waals surface area contributed by atoms with E-state index in [1.54, 1.807) is 0 Å². The van der Waals surface area contributed by atoms with Gasteiger partial charge in [-0.1, -0.05) is 0 Å². The van der Waals surface area contributed by atoms with Gasteiger partial charge in [0.2, 0.25) is 5.91 Å². The lowest BCUT2D eigenvalue weighted by Gasteiger charge is -2.42. The predicted molar refractivity (Wildman–Crippen MR) is 86.6 cm³/mol. The van der Waals surface area contributed by atoms with Gasteiger partial charge in [0, 0.05) is 25.7 Å². The molecule has 2 saturated carbocycles. The average Bonchev–Trinajstić information content (AvgIpc) is 3.26. The fourth-order valence-corrected chi connectivity index (χ4v) is 3.39. The number of nitrogens with one attached hydrogen (secondary N) is 1. The lowest BCUT2D eigenvalue weighted by molar-refractivity contribution is -0.140. The molecule has 3 rings (SSSR count). The van der Waals surface area contributed by atoms with Crippen LogP contribution in [0.25, 0.3) is 0 Å². The van der Waals surface area contributed by atoms with Crippen LogP contribution < -0.4 is 5.32 Å². The molecule has 0 bridgehead atoms. The summed E-state index contributed by atoms with van der Waals surface area (Å²) in [6.45, 7) is 0.582. The number of aliphatic carboxylic acids is 1. The van der Waals surface area contributed by atoms with Gasteiger partial charge in [0.25, 0.3) is 5.91 Å². The zero-order chi connectivity index (χ0) is 18.1. The SMILES string of the molecule is CN1CC(=O)N(CC(=O)NC2CC(N(CC(=O)O)CC3CC3)C2)C1=O. The fraction of sp³-hybridized carbons (Fsp3) is 0.750. The Kier molecular flexibility index (Phi) is 4.94. The highest BCUT2D eigenvalue weighted by Crippen LogP contribution is 2.33. The van der Waals surface area contributed by atoms with Crippen LogP contribution in [0.1, 0.15) is 25.7 Å². The molecule has 2 N–H and O–H groups in total. The van der Waals surface area contributed by atoms with Gasteiger partial charge in [0.1, 0.15) is 13.1 Å². The largest absolute Gasteiger partial charge is 0.480 e. The lowest BCUT2D eigenvalue weighted by Crippen LogP contribution is -2.56. The molecule has 3 aliphatic rings. The number of likely N-dealkylation sites (N-methyl/N-ethyl adjacent to an activating group) is 1. The third-order valence-electron chi connectivity index (χ3n) is 5.06. The first-order valence-electron chi connectivity index (χ1n) is 8.64.